The molecule has 4 heteroatoms. The van der Waals surface area contributed by atoms with Crippen LogP contribution < -0.4 is 5.32 Å². The van der Waals surface area contributed by atoms with Gasteiger partial charge in [0, 0.05) is 17.2 Å². The van der Waals surface area contributed by atoms with E-state index in [0.717, 1.165) is 6.54 Å². The molecule has 0 atom stereocenters. The van der Waals surface area contributed by atoms with Gasteiger partial charge in [-0.2, -0.15) is 0 Å². The summed E-state index contributed by atoms with van der Waals surface area (Å²) >= 11 is 0. The molecule has 1 nitrogen and oxygen atoms in total. The fourth-order valence-electron chi connectivity index (χ4n) is 2.21. The van der Waals surface area contributed by atoms with Crippen LogP contribution in [-0.4, -0.2) is 18.8 Å². The minimum Gasteiger partial charge on any atom is -0.316 e. The number of benzene rings is 1. The molecule has 0 amide bonds. The molecule has 0 aliphatic carbocycles. The molecule has 0 aliphatic heterocycles. The zero-order chi connectivity index (χ0) is 15.0. The predicted octanol–water partition coefficient (Wildman–Crippen LogP) is 6.58. The van der Waals surface area contributed by atoms with Gasteiger partial charge in [0.05, 0.1) is 0 Å². The zero-order valence-corrected chi connectivity index (χ0v) is 16.3. The van der Waals surface area contributed by atoms with Crippen LogP contribution in [0.2, 0.25) is 0 Å². The van der Waals surface area contributed by atoms with Gasteiger partial charge in [0.2, 0.25) is 0 Å². The third-order valence-corrected chi connectivity index (χ3v) is 5.85. The second-order valence-corrected chi connectivity index (χ2v) is 7.93. The van der Waals surface area contributed by atoms with Crippen LogP contribution in [0.25, 0.3) is 0 Å². The van der Waals surface area contributed by atoms with Crippen molar-refractivity contribution >= 4 is 34.0 Å². The van der Waals surface area contributed by atoms with Crippen molar-refractivity contribution in [3.8, 4) is 0 Å². The van der Waals surface area contributed by atoms with E-state index in [1.54, 1.807) is 0 Å². The molecule has 22 heavy (non-hydrogen) atoms. The van der Waals surface area contributed by atoms with Crippen molar-refractivity contribution in [3.63, 3.8) is 0 Å². The first-order valence-electron chi connectivity index (χ1n) is 8.48. The van der Waals surface area contributed by atoms with E-state index >= 15 is 0 Å². The highest BCUT2D eigenvalue weighted by molar-refractivity contribution is 8.76. The first-order chi connectivity index (χ1) is 10.4. The Bertz CT molecular complexity index is 322. The largest absolute Gasteiger partial charge is 0.316 e. The van der Waals surface area contributed by atoms with E-state index in [0.29, 0.717) is 0 Å². The number of hydrogen-bond acceptors (Lipinski definition) is 3. The summed E-state index contributed by atoms with van der Waals surface area (Å²) in [5.41, 5.74) is 0. The number of hydrogen-bond donors (Lipinski definition) is 1. The van der Waals surface area contributed by atoms with Crippen LogP contribution in [0.5, 0.6) is 0 Å². The lowest BCUT2D eigenvalue weighted by atomic mass is 10.1. The van der Waals surface area contributed by atoms with E-state index < -0.39 is 0 Å². The van der Waals surface area contributed by atoms with Crippen LogP contribution >= 0.6 is 34.0 Å². The molecule has 0 aliphatic rings. The summed E-state index contributed by atoms with van der Waals surface area (Å²) in [5, 5.41) is 3.55. The summed E-state index contributed by atoms with van der Waals surface area (Å²) < 4.78 is 0. The first-order valence-corrected chi connectivity index (χ1v) is 10.8. The van der Waals surface area contributed by atoms with Crippen molar-refractivity contribution in [2.75, 3.05) is 18.8 Å². The highest BCUT2D eigenvalue weighted by atomic mass is 35.5. The van der Waals surface area contributed by atoms with E-state index in [1.807, 2.05) is 21.6 Å². The molecule has 0 bridgehead atoms. The van der Waals surface area contributed by atoms with Crippen LogP contribution in [0.4, 0.5) is 0 Å². The van der Waals surface area contributed by atoms with Gasteiger partial charge in [0.25, 0.3) is 0 Å². The monoisotopic (exact) mass is 361 g/mol. The molecule has 0 saturated carbocycles. The maximum absolute atomic E-state index is 3.55. The highest BCUT2D eigenvalue weighted by Gasteiger charge is 1.94. The van der Waals surface area contributed by atoms with Crippen LogP contribution in [0.3, 0.4) is 0 Å². The van der Waals surface area contributed by atoms with Gasteiger partial charge in [-0.1, -0.05) is 91.7 Å². The van der Waals surface area contributed by atoms with E-state index in [4.69, 9.17) is 0 Å². The maximum atomic E-state index is 3.55. The van der Waals surface area contributed by atoms with Gasteiger partial charge in [-0.3, -0.25) is 0 Å². The molecule has 0 saturated heterocycles. The minimum absolute atomic E-state index is 0. The first kappa shape index (κ1) is 22.2. The smallest absolute Gasteiger partial charge is 0.0182 e. The topological polar surface area (TPSA) is 12.0 Å². The lowest BCUT2D eigenvalue weighted by Gasteiger charge is -2.05. The number of unbranched alkanes of at least 4 members (excludes halogenated alkanes) is 7. The molecule has 1 aromatic carbocycles. The highest BCUT2D eigenvalue weighted by Crippen LogP contribution is 2.29. The van der Waals surface area contributed by atoms with Gasteiger partial charge < -0.3 is 5.32 Å². The van der Waals surface area contributed by atoms with Crippen molar-refractivity contribution in [2.45, 2.75) is 63.2 Å². The van der Waals surface area contributed by atoms with Crippen molar-refractivity contribution < 1.29 is 0 Å². The maximum Gasteiger partial charge on any atom is 0.0182 e. The summed E-state index contributed by atoms with van der Waals surface area (Å²) in [6.45, 7) is 4.59. The van der Waals surface area contributed by atoms with E-state index in [1.165, 1.54) is 68.6 Å². The van der Waals surface area contributed by atoms with E-state index in [2.05, 4.69) is 42.6 Å². The lowest BCUT2D eigenvalue weighted by Crippen LogP contribution is -2.18. The Balaban J connectivity index is 0.00000441. The molecule has 0 fully saturated rings. The van der Waals surface area contributed by atoms with E-state index in [9.17, 15) is 0 Å². The zero-order valence-electron chi connectivity index (χ0n) is 13.9. The average molecular weight is 362 g/mol. The summed E-state index contributed by atoms with van der Waals surface area (Å²) in [6.07, 6.45) is 11.2. The molecule has 0 heterocycles. The molecule has 0 unspecified atom stereocenters. The van der Waals surface area contributed by atoms with Gasteiger partial charge in [-0.15, -0.1) is 12.4 Å². The molecule has 0 radical (unpaired) electrons. The van der Waals surface area contributed by atoms with Gasteiger partial charge in [0.1, 0.15) is 0 Å². The van der Waals surface area contributed by atoms with Crippen molar-refractivity contribution in [2.24, 2.45) is 0 Å². The summed E-state index contributed by atoms with van der Waals surface area (Å²) in [5.74, 6) is 1.18. The Kier molecular flexibility index (Phi) is 17.7. The molecule has 1 rings (SSSR count). The van der Waals surface area contributed by atoms with E-state index in [-0.39, 0.29) is 12.4 Å². The molecular weight excluding hydrogens is 330 g/mol. The molecule has 0 spiro atoms. The van der Waals surface area contributed by atoms with Crippen molar-refractivity contribution in [1.29, 1.82) is 0 Å². The Hall–Kier alpha value is 0.170. The standard InChI is InChI=1S/C18H31NS2.ClH/c1-2-3-4-5-6-7-8-12-15-19-16-17-20-21-18-13-10-9-11-14-18;/h9-11,13-14,19H,2-8,12,15-17H2,1H3;1H. The quantitative estimate of drug-likeness (QED) is 0.297. The predicted molar refractivity (Wildman–Crippen MR) is 107 cm³/mol. The SMILES string of the molecule is CCCCCCCCCCNCCSSc1ccccc1.Cl. The Morgan fingerprint density at radius 3 is 2.14 bits per heavy atom. The van der Waals surface area contributed by atoms with Gasteiger partial charge >= 0.3 is 0 Å². The molecule has 1 aromatic rings. The molecule has 128 valence electrons. The Morgan fingerprint density at radius 1 is 0.818 bits per heavy atom. The second kappa shape index (κ2) is 17.5. The summed E-state index contributed by atoms with van der Waals surface area (Å²) in [7, 11) is 3.82. The van der Waals surface area contributed by atoms with Crippen molar-refractivity contribution in [3.05, 3.63) is 30.3 Å². The van der Waals surface area contributed by atoms with Gasteiger partial charge in [0.15, 0.2) is 0 Å². The van der Waals surface area contributed by atoms with Crippen LogP contribution in [0.1, 0.15) is 58.3 Å². The number of rotatable bonds is 14. The molecule has 1 N–H and O–H groups in total. The Labute approximate surface area is 151 Å². The third kappa shape index (κ3) is 13.8. The third-order valence-electron chi connectivity index (χ3n) is 3.47. The van der Waals surface area contributed by atoms with Gasteiger partial charge in [-0.05, 0) is 25.1 Å². The normalized spacial score (nSPS) is 10.4. The fraction of sp³-hybridized carbons (Fsp3) is 0.667. The second-order valence-electron chi connectivity index (χ2n) is 5.44. The summed E-state index contributed by atoms with van der Waals surface area (Å²) in [6, 6.07) is 10.6. The van der Waals surface area contributed by atoms with Crippen LogP contribution in [0, 0.1) is 0 Å². The minimum atomic E-state index is 0. The molecular formula is C18H32ClNS2. The molecule has 0 aromatic heterocycles. The lowest BCUT2D eigenvalue weighted by molar-refractivity contribution is 0.560. The van der Waals surface area contributed by atoms with Crippen LogP contribution in [-0.2, 0) is 0 Å². The average Bonchev–Trinajstić information content (AvgIpc) is 2.53. The van der Waals surface area contributed by atoms with Crippen LogP contribution in [0.15, 0.2) is 35.2 Å². The summed E-state index contributed by atoms with van der Waals surface area (Å²) in [4.78, 5) is 1.35. The van der Waals surface area contributed by atoms with Gasteiger partial charge in [-0.25, -0.2) is 0 Å². The van der Waals surface area contributed by atoms with Crippen molar-refractivity contribution in [1.82, 2.24) is 5.32 Å². The number of halogens is 1. The number of nitrogens with one attached hydrogen (secondary N) is 1. The Morgan fingerprint density at radius 2 is 1.45 bits per heavy atom. The fourth-order valence-corrected chi connectivity index (χ4v) is 4.17.